The molecule has 0 radical (unpaired) electrons. The molecular formula is C38H67N3O8S. The van der Waals surface area contributed by atoms with E-state index in [0.717, 1.165) is 75.6 Å². The van der Waals surface area contributed by atoms with Gasteiger partial charge in [0.1, 0.15) is 17.3 Å². The van der Waals surface area contributed by atoms with Gasteiger partial charge < -0.3 is 14.2 Å². The average Bonchev–Trinajstić information content (AvgIpc) is 3.33. The third-order valence-corrected chi connectivity index (χ3v) is 13.8. The molecular weight excluding hydrogens is 658 g/mol. The van der Waals surface area contributed by atoms with Crippen molar-refractivity contribution in [2.45, 2.75) is 195 Å². The first-order valence-corrected chi connectivity index (χ1v) is 20.9. The second-order valence-electron chi connectivity index (χ2n) is 18.6. The summed E-state index contributed by atoms with van der Waals surface area (Å²) in [5.41, 5.74) is -0.449. The third kappa shape index (κ3) is 9.47. The van der Waals surface area contributed by atoms with Crippen LogP contribution in [-0.2, 0) is 29.0 Å². The minimum absolute atomic E-state index is 0.0210. The number of nitrogens with one attached hydrogen (secondary N) is 1. The first-order chi connectivity index (χ1) is 23.1. The summed E-state index contributed by atoms with van der Waals surface area (Å²) in [7, 11) is -3.73. The average molecular weight is 726 g/mol. The molecule has 11 nitrogen and oxygen atoms in total. The molecule has 0 aliphatic heterocycles. The van der Waals surface area contributed by atoms with Gasteiger partial charge in [-0.2, -0.15) is 4.31 Å². The Balaban J connectivity index is 1.67. The fraction of sp³-hybridized carbons (Fsp3) is 0.921. The highest BCUT2D eigenvalue weighted by atomic mass is 32.2. The van der Waals surface area contributed by atoms with Crippen LogP contribution in [-0.4, -0.2) is 77.1 Å². The number of ether oxygens (including phenoxy) is 3. The number of hydrogen-bond donors (Lipinski definition) is 1. The van der Waals surface area contributed by atoms with Crippen LogP contribution in [0.25, 0.3) is 0 Å². The van der Waals surface area contributed by atoms with Crippen molar-refractivity contribution in [3.63, 3.8) is 0 Å². The molecule has 0 saturated heterocycles. The molecule has 0 unspecified atom stereocenters. The maximum atomic E-state index is 14.9. The molecule has 4 aliphatic rings. The molecule has 0 aromatic carbocycles. The lowest BCUT2D eigenvalue weighted by Gasteiger charge is -2.46. The molecule has 12 heteroatoms. The van der Waals surface area contributed by atoms with Crippen LogP contribution < -0.4 is 5.43 Å². The molecule has 4 atom stereocenters. The van der Waals surface area contributed by atoms with E-state index in [1.54, 1.807) is 41.5 Å². The molecule has 1 N–H and O–H groups in total. The van der Waals surface area contributed by atoms with E-state index in [2.05, 4.69) is 19.3 Å². The van der Waals surface area contributed by atoms with Crippen LogP contribution in [0.3, 0.4) is 0 Å². The maximum Gasteiger partial charge on any atom is 0.430 e. The van der Waals surface area contributed by atoms with Crippen molar-refractivity contribution in [1.29, 1.82) is 0 Å². The van der Waals surface area contributed by atoms with Gasteiger partial charge in [0.25, 0.3) is 0 Å². The molecule has 0 aromatic rings. The molecule has 0 spiro atoms. The van der Waals surface area contributed by atoms with Crippen LogP contribution in [0.2, 0.25) is 0 Å². The predicted octanol–water partition coefficient (Wildman–Crippen LogP) is 8.11. The van der Waals surface area contributed by atoms with E-state index >= 15 is 0 Å². The molecule has 288 valence electrons. The van der Waals surface area contributed by atoms with E-state index in [0.29, 0.717) is 12.8 Å². The monoisotopic (exact) mass is 725 g/mol. The number of carbonyl (C=O) groups is 3. The highest BCUT2D eigenvalue weighted by Gasteiger charge is 2.67. The van der Waals surface area contributed by atoms with E-state index in [4.69, 9.17) is 14.2 Å². The second-order valence-corrected chi connectivity index (χ2v) is 20.4. The van der Waals surface area contributed by atoms with Gasteiger partial charge in [-0.05, 0) is 110 Å². The van der Waals surface area contributed by atoms with Crippen LogP contribution in [0.15, 0.2) is 0 Å². The lowest BCUT2D eigenvalue weighted by atomic mass is 9.69. The summed E-state index contributed by atoms with van der Waals surface area (Å²) in [5.74, 6) is -0.626. The number of esters is 1. The van der Waals surface area contributed by atoms with Crippen LogP contribution in [0.5, 0.6) is 0 Å². The normalized spacial score (nSPS) is 26.9. The van der Waals surface area contributed by atoms with Gasteiger partial charge in [0.05, 0.1) is 5.75 Å². The lowest BCUT2D eigenvalue weighted by molar-refractivity contribution is -0.164. The number of hydrazine groups is 1. The number of sulfonamides is 1. The zero-order valence-electron chi connectivity index (χ0n) is 32.6. The Morgan fingerprint density at radius 3 is 1.80 bits per heavy atom. The van der Waals surface area contributed by atoms with Crippen LogP contribution in [0.1, 0.15) is 159 Å². The highest BCUT2D eigenvalue weighted by Crippen LogP contribution is 2.67. The van der Waals surface area contributed by atoms with Crippen molar-refractivity contribution in [1.82, 2.24) is 14.7 Å². The van der Waals surface area contributed by atoms with E-state index in [1.165, 1.54) is 0 Å². The van der Waals surface area contributed by atoms with Crippen LogP contribution in [0, 0.1) is 22.7 Å². The number of nitrogens with zero attached hydrogens (tertiary/aromatic N) is 2. The van der Waals surface area contributed by atoms with Gasteiger partial charge >= 0.3 is 18.2 Å². The summed E-state index contributed by atoms with van der Waals surface area (Å²) in [4.78, 5) is 41.0. The van der Waals surface area contributed by atoms with Gasteiger partial charge in [0.15, 0.2) is 6.04 Å². The quantitative estimate of drug-likeness (QED) is 0.136. The van der Waals surface area contributed by atoms with E-state index in [1.807, 2.05) is 18.2 Å². The Bertz CT molecular complexity index is 1290. The molecule has 4 saturated carbocycles. The number of carbonyl (C=O) groups excluding carboxylic acids is 3. The SMILES string of the molecule is CC(C)C[C@@H](C(=O)O[C@@H]1C[C@H]2CC[C@]1(CS(=O)(=O)N(C1CCCCC1)C1CCCCC1)C2(C)C)N(NC(=O)OC(C)(C)C)C(=O)OC(C)(C)C. The number of rotatable bonds is 10. The lowest BCUT2D eigenvalue weighted by Crippen LogP contribution is -2.58. The minimum atomic E-state index is -3.73. The van der Waals surface area contributed by atoms with Gasteiger partial charge in [-0.25, -0.2) is 33.2 Å². The first-order valence-electron chi connectivity index (χ1n) is 19.3. The molecule has 4 rings (SSSR count). The summed E-state index contributed by atoms with van der Waals surface area (Å²) >= 11 is 0. The zero-order valence-corrected chi connectivity index (χ0v) is 33.5. The van der Waals surface area contributed by atoms with E-state index < -0.39 is 56.9 Å². The summed E-state index contributed by atoms with van der Waals surface area (Å²) in [6.07, 6.45) is 9.85. The summed E-state index contributed by atoms with van der Waals surface area (Å²) < 4.78 is 49.2. The van der Waals surface area contributed by atoms with Gasteiger partial charge in [0, 0.05) is 17.5 Å². The smallest absolute Gasteiger partial charge is 0.430 e. The molecule has 2 amide bonds. The van der Waals surface area contributed by atoms with Crippen LogP contribution in [0.4, 0.5) is 9.59 Å². The molecule has 4 aliphatic carbocycles. The summed E-state index contributed by atoms with van der Waals surface area (Å²) in [6.45, 7) is 18.4. The minimum Gasteiger partial charge on any atom is -0.460 e. The van der Waals surface area contributed by atoms with Crippen molar-refractivity contribution >= 4 is 28.2 Å². The Hall–Kier alpha value is -2.08. The van der Waals surface area contributed by atoms with Crippen molar-refractivity contribution in [3.8, 4) is 0 Å². The van der Waals surface area contributed by atoms with Crippen molar-refractivity contribution in [3.05, 3.63) is 0 Å². The van der Waals surface area contributed by atoms with Crippen molar-refractivity contribution in [2.24, 2.45) is 22.7 Å². The van der Waals surface area contributed by atoms with Gasteiger partial charge in [-0.3, -0.25) is 0 Å². The zero-order chi connectivity index (χ0) is 37.3. The summed E-state index contributed by atoms with van der Waals surface area (Å²) in [5, 5.41) is 0.900. The molecule has 0 aromatic heterocycles. The molecule has 4 fully saturated rings. The van der Waals surface area contributed by atoms with Crippen molar-refractivity contribution < 1.29 is 37.0 Å². The van der Waals surface area contributed by atoms with E-state index in [9.17, 15) is 22.8 Å². The first kappa shape index (κ1) is 40.7. The molecule has 2 bridgehead atoms. The molecule has 50 heavy (non-hydrogen) atoms. The van der Waals surface area contributed by atoms with E-state index in [-0.39, 0.29) is 41.5 Å². The standard InChI is InChI=1S/C38H67N3O8S/c1-26(2)23-30(40(34(44)49-36(6,7)8)39-33(43)48-35(3,4)5)32(42)47-31-24-27-21-22-38(31,37(27,9)10)25-50(45,46)41(28-17-13-11-14-18-28)29-19-15-12-16-20-29/h26-31H,11-25H2,1-10H3,(H,39,43)/t27-,30+,31-,38-/m1/s1. The predicted molar refractivity (Wildman–Crippen MR) is 193 cm³/mol. The summed E-state index contributed by atoms with van der Waals surface area (Å²) in [6, 6.07) is -1.19. The largest absolute Gasteiger partial charge is 0.460 e. The Morgan fingerprint density at radius 1 is 0.820 bits per heavy atom. The maximum absolute atomic E-state index is 14.9. The van der Waals surface area contributed by atoms with Crippen molar-refractivity contribution in [2.75, 3.05) is 5.75 Å². The van der Waals surface area contributed by atoms with Gasteiger partial charge in [-0.15, -0.1) is 0 Å². The number of fused-ring (bicyclic) bond motifs is 2. The number of amides is 2. The topological polar surface area (TPSA) is 132 Å². The highest BCUT2D eigenvalue weighted by molar-refractivity contribution is 7.89. The van der Waals surface area contributed by atoms with Gasteiger partial charge in [-0.1, -0.05) is 66.2 Å². The Morgan fingerprint density at radius 2 is 1.34 bits per heavy atom. The fourth-order valence-electron chi connectivity index (χ4n) is 9.26. The Labute approximate surface area is 302 Å². The second kappa shape index (κ2) is 15.5. The third-order valence-electron chi connectivity index (χ3n) is 11.7. The fourth-order valence-corrected chi connectivity index (χ4v) is 12.1. The number of hydrogen-bond acceptors (Lipinski definition) is 8. The molecule has 0 heterocycles. The van der Waals surface area contributed by atoms with Crippen LogP contribution >= 0.6 is 0 Å². The van der Waals surface area contributed by atoms with Gasteiger partial charge in [0.2, 0.25) is 10.0 Å². The Kier molecular flexibility index (Phi) is 12.6.